The van der Waals surface area contributed by atoms with E-state index in [0.29, 0.717) is 34.4 Å². The molecule has 4 rings (SSSR count). The number of rotatable bonds is 7. The largest absolute Gasteiger partial charge is 0.462 e. The SMILES string of the molecule is CCOC(=O)c1cccc(NC(=O)[C@@H](CC)n2c(C)c3cnn(-c4ccccc4)c(=O)c3c2C)c1. The van der Waals surface area contributed by atoms with Crippen LogP contribution in [0.1, 0.15) is 48.1 Å². The Hall–Kier alpha value is -4.20. The van der Waals surface area contributed by atoms with Gasteiger partial charge in [0, 0.05) is 22.5 Å². The highest BCUT2D eigenvalue weighted by molar-refractivity contribution is 5.97. The second-order valence-corrected chi connectivity index (χ2v) is 8.24. The second-order valence-electron chi connectivity index (χ2n) is 8.24. The number of nitrogens with one attached hydrogen (secondary N) is 1. The molecule has 1 N–H and O–H groups in total. The number of benzene rings is 2. The van der Waals surface area contributed by atoms with Crippen molar-refractivity contribution in [2.75, 3.05) is 11.9 Å². The van der Waals surface area contributed by atoms with Gasteiger partial charge in [-0.2, -0.15) is 9.78 Å². The fourth-order valence-electron chi connectivity index (χ4n) is 4.45. The highest BCUT2D eigenvalue weighted by atomic mass is 16.5. The van der Waals surface area contributed by atoms with Crippen molar-refractivity contribution in [3.05, 3.63) is 88.1 Å². The van der Waals surface area contributed by atoms with Crippen molar-refractivity contribution in [3.8, 4) is 5.69 Å². The van der Waals surface area contributed by atoms with Crippen LogP contribution in [0, 0.1) is 13.8 Å². The number of nitrogens with zero attached hydrogens (tertiary/aromatic N) is 3. The third kappa shape index (κ3) is 4.47. The number of hydrogen-bond donors (Lipinski definition) is 1. The fraction of sp³-hybridized carbons (Fsp3) is 0.259. The highest BCUT2D eigenvalue weighted by Crippen LogP contribution is 2.28. The first-order valence-corrected chi connectivity index (χ1v) is 11.6. The normalized spacial score (nSPS) is 11.9. The van der Waals surface area contributed by atoms with Crippen LogP contribution in [-0.4, -0.2) is 32.8 Å². The molecule has 8 nitrogen and oxygen atoms in total. The van der Waals surface area contributed by atoms with Crippen LogP contribution in [0.5, 0.6) is 0 Å². The van der Waals surface area contributed by atoms with E-state index >= 15 is 0 Å². The van der Waals surface area contributed by atoms with Gasteiger partial charge in [-0.1, -0.05) is 31.2 Å². The summed E-state index contributed by atoms with van der Waals surface area (Å²) < 4.78 is 8.32. The Kier molecular flexibility index (Phi) is 6.82. The molecular weight excluding hydrogens is 444 g/mol. The maximum Gasteiger partial charge on any atom is 0.338 e. The van der Waals surface area contributed by atoms with Gasteiger partial charge in [0.2, 0.25) is 5.91 Å². The number of hydrogen-bond acceptors (Lipinski definition) is 5. The summed E-state index contributed by atoms with van der Waals surface area (Å²) in [7, 11) is 0. The van der Waals surface area contributed by atoms with Gasteiger partial charge in [0.1, 0.15) is 6.04 Å². The summed E-state index contributed by atoms with van der Waals surface area (Å²) in [5.41, 5.74) is 2.81. The maximum atomic E-state index is 13.4. The minimum absolute atomic E-state index is 0.231. The van der Waals surface area contributed by atoms with Gasteiger partial charge in [0.15, 0.2) is 0 Å². The maximum absolute atomic E-state index is 13.4. The van der Waals surface area contributed by atoms with E-state index < -0.39 is 12.0 Å². The summed E-state index contributed by atoms with van der Waals surface area (Å²) in [6.07, 6.45) is 2.18. The highest BCUT2D eigenvalue weighted by Gasteiger charge is 2.26. The zero-order valence-electron chi connectivity index (χ0n) is 20.2. The third-order valence-corrected chi connectivity index (χ3v) is 6.10. The average molecular weight is 473 g/mol. The smallest absolute Gasteiger partial charge is 0.338 e. The summed E-state index contributed by atoms with van der Waals surface area (Å²) in [6.45, 7) is 7.67. The first kappa shape index (κ1) is 23.9. The molecule has 0 aliphatic carbocycles. The average Bonchev–Trinajstić information content (AvgIpc) is 3.11. The van der Waals surface area contributed by atoms with Gasteiger partial charge in [-0.25, -0.2) is 4.79 Å². The van der Waals surface area contributed by atoms with Crippen molar-refractivity contribution < 1.29 is 14.3 Å². The van der Waals surface area contributed by atoms with E-state index in [0.717, 1.165) is 11.1 Å². The minimum Gasteiger partial charge on any atom is -0.462 e. The summed E-state index contributed by atoms with van der Waals surface area (Å²) in [6, 6.07) is 15.3. The molecule has 0 aliphatic heterocycles. The topological polar surface area (TPSA) is 95.2 Å². The monoisotopic (exact) mass is 472 g/mol. The zero-order chi connectivity index (χ0) is 25.1. The molecule has 0 saturated carbocycles. The van der Waals surface area contributed by atoms with E-state index in [9.17, 15) is 14.4 Å². The van der Waals surface area contributed by atoms with Crippen LogP contribution < -0.4 is 10.9 Å². The van der Waals surface area contributed by atoms with Gasteiger partial charge in [-0.3, -0.25) is 9.59 Å². The number of amides is 1. The lowest BCUT2D eigenvalue weighted by atomic mass is 10.1. The number of carbonyl (C=O) groups excluding carboxylic acids is 2. The third-order valence-electron chi connectivity index (χ3n) is 6.10. The predicted octanol–water partition coefficient (Wildman–Crippen LogP) is 4.57. The van der Waals surface area contributed by atoms with Crippen molar-refractivity contribution in [1.82, 2.24) is 14.3 Å². The summed E-state index contributed by atoms with van der Waals surface area (Å²) in [5, 5.41) is 8.55. The standard InChI is InChI=1S/C27H28N4O4/c1-5-23(25(32)29-20-12-10-11-19(15-20)27(34)35-6-2)30-17(3)22-16-28-31(21-13-8-7-9-14-21)26(33)24(22)18(30)4/h7-16,23H,5-6H2,1-4H3,(H,29,32)/t23-/m1/s1. The predicted molar refractivity (Wildman–Crippen MR) is 135 cm³/mol. The Morgan fingerprint density at radius 3 is 2.46 bits per heavy atom. The molecular formula is C27H28N4O4. The quantitative estimate of drug-likeness (QED) is 0.398. The minimum atomic E-state index is -0.557. The van der Waals surface area contributed by atoms with E-state index in [2.05, 4.69) is 10.4 Å². The lowest BCUT2D eigenvalue weighted by molar-refractivity contribution is -0.119. The molecule has 0 saturated heterocycles. The van der Waals surface area contributed by atoms with Crippen molar-refractivity contribution in [2.45, 2.75) is 40.2 Å². The number of ether oxygens (including phenoxy) is 1. The molecule has 4 aromatic rings. The Labute approximate surface area is 203 Å². The molecule has 8 heteroatoms. The number of aryl methyl sites for hydroxylation is 2. The van der Waals surface area contributed by atoms with Crippen molar-refractivity contribution in [1.29, 1.82) is 0 Å². The number of anilines is 1. The summed E-state index contributed by atoms with van der Waals surface area (Å²) in [5.74, 6) is -0.683. The molecule has 1 amide bonds. The van der Waals surface area contributed by atoms with Crippen LogP contribution >= 0.6 is 0 Å². The van der Waals surface area contributed by atoms with Crippen molar-refractivity contribution >= 4 is 28.3 Å². The first-order valence-electron chi connectivity index (χ1n) is 11.6. The lowest BCUT2D eigenvalue weighted by Gasteiger charge is -2.21. The molecule has 180 valence electrons. The number of para-hydroxylation sites is 1. The van der Waals surface area contributed by atoms with E-state index in [1.807, 2.05) is 55.7 Å². The van der Waals surface area contributed by atoms with Crippen LogP contribution in [0.15, 0.2) is 65.6 Å². The van der Waals surface area contributed by atoms with Gasteiger partial charge in [0.25, 0.3) is 5.56 Å². The van der Waals surface area contributed by atoms with E-state index in [4.69, 9.17) is 4.74 Å². The molecule has 2 aromatic heterocycles. The van der Waals surface area contributed by atoms with Crippen LogP contribution in [0.3, 0.4) is 0 Å². The number of esters is 1. The molecule has 0 bridgehead atoms. The molecule has 35 heavy (non-hydrogen) atoms. The Morgan fingerprint density at radius 1 is 1.03 bits per heavy atom. The number of aromatic nitrogens is 3. The van der Waals surface area contributed by atoms with Crippen molar-refractivity contribution in [3.63, 3.8) is 0 Å². The summed E-state index contributed by atoms with van der Waals surface area (Å²) in [4.78, 5) is 38.8. The molecule has 2 aromatic carbocycles. The molecule has 0 radical (unpaired) electrons. The Bertz CT molecular complexity index is 1450. The van der Waals surface area contributed by atoms with Crippen LogP contribution in [-0.2, 0) is 9.53 Å². The van der Waals surface area contributed by atoms with Crippen LogP contribution in [0.4, 0.5) is 5.69 Å². The molecule has 0 aliphatic rings. The van der Waals surface area contributed by atoms with Gasteiger partial charge >= 0.3 is 5.97 Å². The number of carbonyl (C=O) groups is 2. The van der Waals surface area contributed by atoms with Gasteiger partial charge in [0.05, 0.1) is 29.4 Å². The second kappa shape index (κ2) is 9.97. The van der Waals surface area contributed by atoms with Gasteiger partial charge in [-0.15, -0.1) is 0 Å². The Morgan fingerprint density at radius 2 is 1.77 bits per heavy atom. The molecule has 0 unspecified atom stereocenters. The van der Waals surface area contributed by atoms with E-state index in [1.165, 1.54) is 4.68 Å². The Balaban J connectivity index is 1.71. The van der Waals surface area contributed by atoms with Crippen LogP contribution in [0.2, 0.25) is 0 Å². The van der Waals surface area contributed by atoms with Gasteiger partial charge in [-0.05, 0) is 57.5 Å². The summed E-state index contributed by atoms with van der Waals surface area (Å²) >= 11 is 0. The molecule has 0 spiro atoms. The first-order chi connectivity index (χ1) is 16.9. The molecule has 1 atom stereocenters. The fourth-order valence-corrected chi connectivity index (χ4v) is 4.45. The molecule has 2 heterocycles. The van der Waals surface area contributed by atoms with E-state index in [1.54, 1.807) is 37.4 Å². The van der Waals surface area contributed by atoms with E-state index in [-0.39, 0.29) is 18.1 Å². The lowest BCUT2D eigenvalue weighted by Crippen LogP contribution is -2.27. The van der Waals surface area contributed by atoms with Gasteiger partial charge < -0.3 is 14.6 Å². The number of fused-ring (bicyclic) bond motifs is 1. The zero-order valence-corrected chi connectivity index (χ0v) is 20.2. The van der Waals surface area contributed by atoms with Crippen molar-refractivity contribution in [2.24, 2.45) is 0 Å². The van der Waals surface area contributed by atoms with Crippen LogP contribution in [0.25, 0.3) is 16.5 Å². The molecule has 0 fully saturated rings.